The molecule has 2 N–H and O–H groups in total. The lowest BCUT2D eigenvalue weighted by molar-refractivity contribution is 0.0827. The summed E-state index contributed by atoms with van der Waals surface area (Å²) in [6.45, 7) is 2.92. The summed E-state index contributed by atoms with van der Waals surface area (Å²) in [6.07, 6.45) is 9.56. The van der Waals surface area contributed by atoms with Crippen LogP contribution in [-0.2, 0) is 6.54 Å². The summed E-state index contributed by atoms with van der Waals surface area (Å²) in [5.41, 5.74) is 1.84. The highest BCUT2D eigenvalue weighted by Gasteiger charge is 2.15. The fourth-order valence-corrected chi connectivity index (χ4v) is 3.67. The quantitative estimate of drug-likeness (QED) is 0.331. The minimum Gasteiger partial charge on any atom is -0.354 e. The molecular weight excluding hydrogens is 463 g/mol. The van der Waals surface area contributed by atoms with Gasteiger partial charge in [-0.15, -0.1) is 24.0 Å². The van der Waals surface area contributed by atoms with Gasteiger partial charge in [0.05, 0.1) is 0 Å². The third-order valence-corrected chi connectivity index (χ3v) is 5.41. The van der Waals surface area contributed by atoms with Crippen molar-refractivity contribution in [2.45, 2.75) is 64.5 Å². The van der Waals surface area contributed by atoms with Crippen molar-refractivity contribution >= 4 is 35.8 Å². The Labute approximate surface area is 187 Å². The molecule has 1 aromatic carbocycles. The monoisotopic (exact) mass is 500 g/mol. The van der Waals surface area contributed by atoms with E-state index < -0.39 is 0 Å². The van der Waals surface area contributed by atoms with E-state index >= 15 is 0 Å². The third-order valence-electron chi connectivity index (χ3n) is 5.41. The second-order valence-corrected chi connectivity index (χ2v) is 7.95. The molecule has 0 saturated heterocycles. The van der Waals surface area contributed by atoms with Gasteiger partial charge in [0.25, 0.3) is 5.91 Å². The standard InChI is InChI=1S/C22H36N4O.HI/c1-17(10-11-18-8-6-5-7-9-18)25-22(23-2)24-16-19-12-14-20(15-13-19)21(27)26(3)4;/h12-15,17-18H,5-11,16H2,1-4H3,(H2,23,24,25);1H. The van der Waals surface area contributed by atoms with Gasteiger partial charge in [0.15, 0.2) is 5.96 Å². The maximum atomic E-state index is 11.9. The molecule has 1 aromatic rings. The molecule has 1 aliphatic carbocycles. The van der Waals surface area contributed by atoms with Crippen LogP contribution in [0.2, 0.25) is 0 Å². The highest BCUT2D eigenvalue weighted by molar-refractivity contribution is 14.0. The lowest BCUT2D eigenvalue weighted by Gasteiger charge is -2.24. The molecule has 2 rings (SSSR count). The van der Waals surface area contributed by atoms with Gasteiger partial charge in [0.2, 0.25) is 0 Å². The van der Waals surface area contributed by atoms with Gasteiger partial charge in [0.1, 0.15) is 0 Å². The number of amides is 1. The number of hydrogen-bond donors (Lipinski definition) is 2. The lowest BCUT2D eigenvalue weighted by atomic mass is 9.85. The Bertz CT molecular complexity index is 609. The summed E-state index contributed by atoms with van der Waals surface area (Å²) in [5, 5.41) is 6.87. The highest BCUT2D eigenvalue weighted by Crippen LogP contribution is 2.27. The van der Waals surface area contributed by atoms with Crippen molar-refractivity contribution in [1.82, 2.24) is 15.5 Å². The first-order valence-electron chi connectivity index (χ1n) is 10.3. The molecule has 0 aliphatic heterocycles. The van der Waals surface area contributed by atoms with Crippen molar-refractivity contribution in [3.05, 3.63) is 35.4 Å². The molecule has 6 heteroatoms. The van der Waals surface area contributed by atoms with Gasteiger partial charge in [-0.1, -0.05) is 44.2 Å². The number of nitrogens with one attached hydrogen (secondary N) is 2. The topological polar surface area (TPSA) is 56.7 Å². The van der Waals surface area contributed by atoms with Crippen molar-refractivity contribution in [3.63, 3.8) is 0 Å². The van der Waals surface area contributed by atoms with Gasteiger partial charge in [-0.3, -0.25) is 9.79 Å². The largest absolute Gasteiger partial charge is 0.354 e. The number of carbonyl (C=O) groups excluding carboxylic acids is 1. The average Bonchev–Trinajstić information content (AvgIpc) is 2.70. The summed E-state index contributed by atoms with van der Waals surface area (Å²) in [4.78, 5) is 17.9. The zero-order valence-electron chi connectivity index (χ0n) is 17.8. The normalized spacial score (nSPS) is 16.1. The first-order chi connectivity index (χ1) is 13.0. The molecule has 0 spiro atoms. The van der Waals surface area contributed by atoms with Crippen molar-refractivity contribution in [2.75, 3.05) is 21.1 Å². The molecule has 1 saturated carbocycles. The van der Waals surface area contributed by atoms with Crippen LogP contribution in [0.4, 0.5) is 0 Å². The summed E-state index contributed by atoms with van der Waals surface area (Å²) >= 11 is 0. The van der Waals surface area contributed by atoms with Crippen molar-refractivity contribution < 1.29 is 4.79 Å². The molecule has 1 fully saturated rings. The summed E-state index contributed by atoms with van der Waals surface area (Å²) in [7, 11) is 5.34. The second-order valence-electron chi connectivity index (χ2n) is 7.95. The molecule has 0 heterocycles. The van der Waals surface area contributed by atoms with Gasteiger partial charge in [-0.25, -0.2) is 0 Å². The smallest absolute Gasteiger partial charge is 0.253 e. The van der Waals surface area contributed by atoms with E-state index in [-0.39, 0.29) is 29.9 Å². The first-order valence-corrected chi connectivity index (χ1v) is 10.3. The maximum Gasteiger partial charge on any atom is 0.253 e. The van der Waals surface area contributed by atoms with Crippen molar-refractivity contribution in [2.24, 2.45) is 10.9 Å². The van der Waals surface area contributed by atoms with E-state index in [0.717, 1.165) is 17.4 Å². The number of nitrogens with zero attached hydrogens (tertiary/aromatic N) is 2. The summed E-state index contributed by atoms with van der Waals surface area (Å²) in [6, 6.07) is 8.15. The highest BCUT2D eigenvalue weighted by atomic mass is 127. The molecule has 28 heavy (non-hydrogen) atoms. The number of rotatable bonds is 7. The van der Waals surface area contributed by atoms with Crippen molar-refractivity contribution in [1.29, 1.82) is 0 Å². The Morgan fingerprint density at radius 1 is 1.18 bits per heavy atom. The molecule has 1 atom stereocenters. The van der Waals surface area contributed by atoms with Crippen LogP contribution in [0.5, 0.6) is 0 Å². The van der Waals surface area contributed by atoms with E-state index in [2.05, 4.69) is 22.5 Å². The number of halogens is 1. The maximum absolute atomic E-state index is 11.9. The zero-order chi connectivity index (χ0) is 19.6. The Hall–Kier alpha value is -1.31. The van der Waals surface area contributed by atoms with E-state index in [0.29, 0.717) is 18.2 Å². The Morgan fingerprint density at radius 2 is 1.82 bits per heavy atom. The molecule has 0 radical (unpaired) electrons. The molecular formula is C22H37IN4O. The molecule has 0 bridgehead atoms. The van der Waals surface area contributed by atoms with Crippen LogP contribution in [0.15, 0.2) is 29.3 Å². The lowest BCUT2D eigenvalue weighted by Crippen LogP contribution is -2.42. The van der Waals surface area contributed by atoms with Crippen LogP contribution in [0, 0.1) is 5.92 Å². The van der Waals surface area contributed by atoms with E-state index in [4.69, 9.17) is 0 Å². The van der Waals surface area contributed by atoms with Gasteiger partial charge in [-0.05, 0) is 43.4 Å². The van der Waals surface area contributed by atoms with Crippen LogP contribution in [0.1, 0.15) is 67.8 Å². The second kappa shape index (κ2) is 13.0. The van der Waals surface area contributed by atoms with Crippen LogP contribution in [0.3, 0.4) is 0 Å². The van der Waals surface area contributed by atoms with E-state index in [1.165, 1.54) is 44.9 Å². The zero-order valence-corrected chi connectivity index (χ0v) is 20.2. The molecule has 5 nitrogen and oxygen atoms in total. The number of guanidine groups is 1. The summed E-state index contributed by atoms with van der Waals surface area (Å²) in [5.74, 6) is 1.78. The molecule has 1 amide bonds. The first kappa shape index (κ1) is 24.7. The minimum atomic E-state index is 0. The fraction of sp³-hybridized carbons (Fsp3) is 0.636. The number of benzene rings is 1. The Morgan fingerprint density at radius 3 is 2.39 bits per heavy atom. The van der Waals surface area contributed by atoms with Gasteiger partial charge in [-0.2, -0.15) is 0 Å². The van der Waals surface area contributed by atoms with Gasteiger partial charge in [0, 0.05) is 39.3 Å². The van der Waals surface area contributed by atoms with Gasteiger partial charge >= 0.3 is 0 Å². The van der Waals surface area contributed by atoms with Gasteiger partial charge < -0.3 is 15.5 Å². The molecule has 1 aliphatic rings. The molecule has 158 valence electrons. The minimum absolute atomic E-state index is 0. The predicted octanol–water partition coefficient (Wildman–Crippen LogP) is 4.42. The van der Waals surface area contributed by atoms with Crippen LogP contribution >= 0.6 is 24.0 Å². The van der Waals surface area contributed by atoms with E-state index in [9.17, 15) is 4.79 Å². The predicted molar refractivity (Wildman–Crippen MR) is 128 cm³/mol. The van der Waals surface area contributed by atoms with Crippen molar-refractivity contribution in [3.8, 4) is 0 Å². The average molecular weight is 500 g/mol. The molecule has 0 aromatic heterocycles. The van der Waals surface area contributed by atoms with Crippen LogP contribution < -0.4 is 10.6 Å². The Balaban J connectivity index is 0.00000392. The number of aliphatic imine (C=N–C) groups is 1. The van der Waals surface area contributed by atoms with Crippen LogP contribution in [-0.4, -0.2) is 44.0 Å². The number of hydrogen-bond acceptors (Lipinski definition) is 2. The Kier molecular flexibility index (Phi) is 11.5. The van der Waals surface area contributed by atoms with E-state index in [1.54, 1.807) is 19.0 Å². The molecule has 1 unspecified atom stereocenters. The SMILES string of the molecule is CN=C(NCc1ccc(C(=O)N(C)C)cc1)NC(C)CCC1CCCCC1.I. The fourth-order valence-electron chi connectivity index (χ4n) is 3.67. The number of carbonyl (C=O) groups is 1. The third kappa shape index (κ3) is 8.37. The van der Waals surface area contributed by atoms with E-state index in [1.807, 2.05) is 31.3 Å². The van der Waals surface area contributed by atoms with Crippen LogP contribution in [0.25, 0.3) is 0 Å². The summed E-state index contributed by atoms with van der Waals surface area (Å²) < 4.78 is 0.